The SMILES string of the molecule is CCNC(=NCc1nc(C)no1)NCCCc1ccc(C(C)C)cc1. The lowest BCUT2D eigenvalue weighted by molar-refractivity contribution is 0.376. The standard InChI is InChI=1S/C19H29N5O/c1-5-20-19(22-13-18-23-15(4)24-25-18)21-12-6-7-16-8-10-17(11-9-16)14(2)3/h8-11,14H,5-7,12-13H2,1-4H3,(H2,20,21,22). The van der Waals surface area contributed by atoms with Gasteiger partial charge in [0.25, 0.3) is 0 Å². The van der Waals surface area contributed by atoms with Crippen molar-refractivity contribution in [3.05, 3.63) is 47.1 Å². The predicted octanol–water partition coefficient (Wildman–Crippen LogP) is 3.19. The van der Waals surface area contributed by atoms with Gasteiger partial charge >= 0.3 is 0 Å². The van der Waals surface area contributed by atoms with Gasteiger partial charge in [0.05, 0.1) is 0 Å². The van der Waals surface area contributed by atoms with Crippen LogP contribution in [-0.4, -0.2) is 29.2 Å². The van der Waals surface area contributed by atoms with Crippen LogP contribution in [0.15, 0.2) is 33.8 Å². The van der Waals surface area contributed by atoms with Gasteiger partial charge in [0.15, 0.2) is 11.8 Å². The molecule has 0 aliphatic heterocycles. The van der Waals surface area contributed by atoms with Crippen molar-refractivity contribution in [2.75, 3.05) is 13.1 Å². The number of benzene rings is 1. The van der Waals surface area contributed by atoms with Gasteiger partial charge in [-0.1, -0.05) is 43.3 Å². The van der Waals surface area contributed by atoms with Gasteiger partial charge < -0.3 is 15.2 Å². The number of rotatable bonds is 8. The molecule has 0 fully saturated rings. The maximum absolute atomic E-state index is 5.08. The minimum atomic E-state index is 0.382. The van der Waals surface area contributed by atoms with E-state index >= 15 is 0 Å². The maximum atomic E-state index is 5.08. The Morgan fingerprint density at radius 2 is 1.96 bits per heavy atom. The Labute approximate surface area is 150 Å². The summed E-state index contributed by atoms with van der Waals surface area (Å²) < 4.78 is 5.08. The van der Waals surface area contributed by atoms with Gasteiger partial charge in [-0.05, 0) is 43.7 Å². The number of aliphatic imine (C=N–C) groups is 1. The van der Waals surface area contributed by atoms with Crippen molar-refractivity contribution in [1.29, 1.82) is 0 Å². The minimum Gasteiger partial charge on any atom is -0.357 e. The molecule has 2 rings (SSSR count). The quantitative estimate of drug-likeness (QED) is 0.437. The second-order valence-corrected chi connectivity index (χ2v) is 6.36. The number of hydrogen-bond acceptors (Lipinski definition) is 4. The number of aromatic nitrogens is 2. The molecule has 0 aliphatic carbocycles. The van der Waals surface area contributed by atoms with Crippen LogP contribution in [0.4, 0.5) is 0 Å². The third-order valence-corrected chi connectivity index (χ3v) is 3.87. The average Bonchev–Trinajstić information content (AvgIpc) is 3.02. The molecule has 6 heteroatoms. The normalized spacial score (nSPS) is 11.8. The molecule has 1 heterocycles. The molecule has 2 N–H and O–H groups in total. The van der Waals surface area contributed by atoms with Crippen molar-refractivity contribution in [2.24, 2.45) is 4.99 Å². The lowest BCUT2D eigenvalue weighted by Crippen LogP contribution is -2.37. The summed E-state index contributed by atoms with van der Waals surface area (Å²) >= 11 is 0. The highest BCUT2D eigenvalue weighted by atomic mass is 16.5. The van der Waals surface area contributed by atoms with Gasteiger partial charge in [-0.3, -0.25) is 0 Å². The van der Waals surface area contributed by atoms with E-state index in [1.54, 1.807) is 6.92 Å². The van der Waals surface area contributed by atoms with E-state index in [4.69, 9.17) is 4.52 Å². The molecule has 0 amide bonds. The number of nitrogens with one attached hydrogen (secondary N) is 2. The monoisotopic (exact) mass is 343 g/mol. The smallest absolute Gasteiger partial charge is 0.248 e. The highest BCUT2D eigenvalue weighted by molar-refractivity contribution is 5.79. The van der Waals surface area contributed by atoms with E-state index in [0.717, 1.165) is 31.9 Å². The van der Waals surface area contributed by atoms with Crippen LogP contribution in [0.1, 0.15) is 56.0 Å². The van der Waals surface area contributed by atoms with Crippen molar-refractivity contribution in [1.82, 2.24) is 20.8 Å². The fourth-order valence-corrected chi connectivity index (χ4v) is 2.46. The van der Waals surface area contributed by atoms with Crippen LogP contribution >= 0.6 is 0 Å². The van der Waals surface area contributed by atoms with E-state index in [2.05, 4.69) is 63.9 Å². The van der Waals surface area contributed by atoms with Crippen LogP contribution < -0.4 is 10.6 Å². The Hall–Kier alpha value is -2.37. The molecular weight excluding hydrogens is 314 g/mol. The molecule has 0 aliphatic rings. The fraction of sp³-hybridized carbons (Fsp3) is 0.526. The van der Waals surface area contributed by atoms with Crippen LogP contribution in [0.25, 0.3) is 0 Å². The molecule has 1 aromatic heterocycles. The van der Waals surface area contributed by atoms with Crippen molar-refractivity contribution in [3.63, 3.8) is 0 Å². The minimum absolute atomic E-state index is 0.382. The zero-order chi connectivity index (χ0) is 18.1. The van der Waals surface area contributed by atoms with Crippen molar-refractivity contribution >= 4 is 5.96 Å². The first kappa shape index (κ1) is 19.0. The van der Waals surface area contributed by atoms with Crippen LogP contribution in [-0.2, 0) is 13.0 Å². The Morgan fingerprint density at radius 1 is 1.20 bits per heavy atom. The van der Waals surface area contributed by atoms with Crippen molar-refractivity contribution in [3.8, 4) is 0 Å². The highest BCUT2D eigenvalue weighted by Crippen LogP contribution is 2.15. The molecule has 0 atom stereocenters. The summed E-state index contributed by atoms with van der Waals surface area (Å²) in [5.74, 6) is 2.51. The maximum Gasteiger partial charge on any atom is 0.248 e. The van der Waals surface area contributed by atoms with E-state index in [-0.39, 0.29) is 0 Å². The average molecular weight is 343 g/mol. The molecule has 6 nitrogen and oxygen atoms in total. The van der Waals surface area contributed by atoms with Gasteiger partial charge in [-0.25, -0.2) is 4.99 Å². The first-order chi connectivity index (χ1) is 12.1. The van der Waals surface area contributed by atoms with Crippen LogP contribution in [0.2, 0.25) is 0 Å². The Morgan fingerprint density at radius 3 is 2.56 bits per heavy atom. The fourth-order valence-electron chi connectivity index (χ4n) is 2.46. The zero-order valence-electron chi connectivity index (χ0n) is 15.7. The number of aryl methyl sites for hydroxylation is 2. The van der Waals surface area contributed by atoms with Gasteiger partial charge in [0, 0.05) is 13.1 Å². The second-order valence-electron chi connectivity index (χ2n) is 6.36. The molecule has 0 unspecified atom stereocenters. The predicted molar refractivity (Wildman–Crippen MR) is 101 cm³/mol. The summed E-state index contributed by atoms with van der Waals surface area (Å²) in [6.45, 7) is 10.3. The first-order valence-electron chi connectivity index (χ1n) is 8.98. The van der Waals surface area contributed by atoms with E-state index in [9.17, 15) is 0 Å². The van der Waals surface area contributed by atoms with E-state index in [1.165, 1.54) is 11.1 Å². The highest BCUT2D eigenvalue weighted by Gasteiger charge is 2.03. The summed E-state index contributed by atoms with van der Waals surface area (Å²) in [7, 11) is 0. The van der Waals surface area contributed by atoms with Gasteiger partial charge in [0.1, 0.15) is 6.54 Å². The zero-order valence-corrected chi connectivity index (χ0v) is 15.7. The Balaban J connectivity index is 1.76. The summed E-state index contributed by atoms with van der Waals surface area (Å²) in [4.78, 5) is 8.63. The molecule has 0 bridgehead atoms. The van der Waals surface area contributed by atoms with Gasteiger partial charge in [-0.15, -0.1) is 0 Å². The molecule has 1 aromatic carbocycles. The van der Waals surface area contributed by atoms with Crippen molar-refractivity contribution in [2.45, 2.75) is 53.0 Å². The number of nitrogens with zero attached hydrogens (tertiary/aromatic N) is 3. The lowest BCUT2D eigenvalue weighted by Gasteiger charge is -2.11. The first-order valence-corrected chi connectivity index (χ1v) is 8.98. The van der Waals surface area contributed by atoms with Crippen LogP contribution in [0, 0.1) is 6.92 Å². The number of guanidine groups is 1. The topological polar surface area (TPSA) is 75.3 Å². The summed E-state index contributed by atoms with van der Waals surface area (Å²) in [6, 6.07) is 8.91. The summed E-state index contributed by atoms with van der Waals surface area (Å²) in [5, 5.41) is 10.3. The van der Waals surface area contributed by atoms with E-state index < -0.39 is 0 Å². The van der Waals surface area contributed by atoms with Crippen LogP contribution in [0.5, 0.6) is 0 Å². The van der Waals surface area contributed by atoms with Gasteiger partial charge in [-0.2, -0.15) is 4.98 Å². The third-order valence-electron chi connectivity index (χ3n) is 3.87. The molecular formula is C19H29N5O. The van der Waals surface area contributed by atoms with E-state index in [1.807, 2.05) is 6.92 Å². The molecule has 136 valence electrons. The second kappa shape index (κ2) is 9.81. The van der Waals surface area contributed by atoms with Crippen LogP contribution in [0.3, 0.4) is 0 Å². The molecule has 0 saturated carbocycles. The summed E-state index contributed by atoms with van der Waals surface area (Å²) in [6.07, 6.45) is 2.10. The van der Waals surface area contributed by atoms with Crippen molar-refractivity contribution < 1.29 is 4.52 Å². The molecule has 25 heavy (non-hydrogen) atoms. The molecule has 0 spiro atoms. The largest absolute Gasteiger partial charge is 0.357 e. The van der Waals surface area contributed by atoms with Gasteiger partial charge in [0.2, 0.25) is 5.89 Å². The third kappa shape index (κ3) is 6.57. The summed E-state index contributed by atoms with van der Waals surface area (Å²) in [5.41, 5.74) is 2.76. The number of hydrogen-bond donors (Lipinski definition) is 2. The molecule has 2 aromatic rings. The lowest BCUT2D eigenvalue weighted by atomic mass is 10.0. The molecule has 0 saturated heterocycles. The van der Waals surface area contributed by atoms with E-state index in [0.29, 0.717) is 24.2 Å². The Kier molecular flexibility index (Phi) is 7.44. The molecule has 0 radical (unpaired) electrons. The Bertz CT molecular complexity index is 661.